The molecule has 3 atom stereocenters. The first-order chi connectivity index (χ1) is 20.7. The summed E-state index contributed by atoms with van der Waals surface area (Å²) in [7, 11) is 0. The highest BCUT2D eigenvalue weighted by molar-refractivity contribution is 6.25. The molecule has 0 spiro atoms. The zero-order valence-electron chi connectivity index (χ0n) is 25.2. The number of hydrogen-bond donors (Lipinski definition) is 2. The van der Waals surface area contributed by atoms with Gasteiger partial charge in [0.25, 0.3) is 11.8 Å². The lowest BCUT2D eigenvalue weighted by Gasteiger charge is -2.48. The van der Waals surface area contributed by atoms with E-state index in [2.05, 4.69) is 59.4 Å². The second kappa shape index (κ2) is 12.2. The van der Waals surface area contributed by atoms with Crippen LogP contribution in [0.5, 0.6) is 0 Å². The van der Waals surface area contributed by atoms with E-state index < -0.39 is 29.7 Å². The molecule has 0 bridgehead atoms. The Morgan fingerprint density at radius 2 is 1.84 bits per heavy atom. The van der Waals surface area contributed by atoms with Crippen molar-refractivity contribution in [3.8, 4) is 0 Å². The number of carbonyl (C=O) groups excluding carboxylic acids is 4. The topological polar surface area (TPSA) is 111 Å². The highest BCUT2D eigenvalue weighted by Gasteiger charge is 2.46. The van der Waals surface area contributed by atoms with E-state index in [-0.39, 0.29) is 24.0 Å². The van der Waals surface area contributed by atoms with E-state index in [1.807, 2.05) is 0 Å². The van der Waals surface area contributed by atoms with Gasteiger partial charge >= 0.3 is 0 Å². The Balaban J connectivity index is 1.06. The van der Waals surface area contributed by atoms with Gasteiger partial charge in [0.2, 0.25) is 11.8 Å². The van der Waals surface area contributed by atoms with Crippen molar-refractivity contribution in [2.75, 3.05) is 31.6 Å². The van der Waals surface area contributed by atoms with Crippen LogP contribution in [0.3, 0.4) is 0 Å². The largest absolute Gasteiger partial charge is 0.380 e. The number of rotatable bonds is 10. The van der Waals surface area contributed by atoms with Crippen LogP contribution in [0, 0.1) is 6.92 Å². The first kappa shape index (κ1) is 29.5. The Morgan fingerprint density at radius 1 is 1.02 bits per heavy atom. The van der Waals surface area contributed by atoms with Crippen LogP contribution in [0.2, 0.25) is 0 Å². The van der Waals surface area contributed by atoms with Crippen LogP contribution in [0.4, 0.5) is 5.69 Å². The van der Waals surface area contributed by atoms with E-state index in [9.17, 15) is 19.2 Å². The van der Waals surface area contributed by atoms with Gasteiger partial charge in [-0.25, -0.2) is 0 Å². The van der Waals surface area contributed by atoms with Crippen molar-refractivity contribution in [2.45, 2.75) is 83.7 Å². The van der Waals surface area contributed by atoms with Gasteiger partial charge < -0.3 is 10.1 Å². The number of carbonyl (C=O) groups is 4. The zero-order chi connectivity index (χ0) is 30.2. The van der Waals surface area contributed by atoms with Crippen LogP contribution < -0.4 is 10.6 Å². The molecule has 4 aliphatic heterocycles. The minimum Gasteiger partial charge on any atom is -0.380 e. The summed E-state index contributed by atoms with van der Waals surface area (Å²) in [5, 5.41) is 5.58. The van der Waals surface area contributed by atoms with Gasteiger partial charge in [-0.15, -0.1) is 0 Å². The third-order valence-electron chi connectivity index (χ3n) is 9.47. The molecule has 4 heterocycles. The summed E-state index contributed by atoms with van der Waals surface area (Å²) in [6.07, 6.45) is 2.70. The maximum absolute atomic E-state index is 13.4. The van der Waals surface area contributed by atoms with E-state index >= 15 is 0 Å². The number of nitrogens with one attached hydrogen (secondary N) is 2. The van der Waals surface area contributed by atoms with E-state index in [0.717, 1.165) is 43.3 Å². The third-order valence-corrected chi connectivity index (χ3v) is 9.47. The Labute approximate surface area is 252 Å². The van der Waals surface area contributed by atoms with Crippen molar-refractivity contribution >= 4 is 29.3 Å². The van der Waals surface area contributed by atoms with Gasteiger partial charge in [-0.1, -0.05) is 24.3 Å². The van der Waals surface area contributed by atoms with Gasteiger partial charge in [-0.2, -0.15) is 0 Å². The molecule has 228 valence electrons. The predicted octanol–water partition coefficient (Wildman–Crippen LogP) is 3.08. The minimum atomic E-state index is -0.981. The molecule has 0 aromatic heterocycles. The van der Waals surface area contributed by atoms with Crippen molar-refractivity contribution in [1.82, 2.24) is 20.0 Å². The van der Waals surface area contributed by atoms with E-state index in [4.69, 9.17) is 4.74 Å². The molecule has 0 aliphatic carbocycles. The molecule has 3 fully saturated rings. The summed E-state index contributed by atoms with van der Waals surface area (Å²) >= 11 is 0. The number of ether oxygens (including phenoxy) is 1. The fraction of sp³-hybridized carbons (Fsp3) is 0.515. The highest BCUT2D eigenvalue weighted by atomic mass is 16.5. The van der Waals surface area contributed by atoms with Crippen LogP contribution in [0.25, 0.3) is 0 Å². The molecule has 10 heteroatoms. The number of imide groups is 2. The van der Waals surface area contributed by atoms with Gasteiger partial charge in [-0.05, 0) is 68.9 Å². The molecule has 3 saturated heterocycles. The van der Waals surface area contributed by atoms with E-state index in [1.165, 1.54) is 24.0 Å². The molecule has 2 N–H and O–H groups in total. The van der Waals surface area contributed by atoms with Crippen molar-refractivity contribution in [2.24, 2.45) is 0 Å². The Hall–Kier alpha value is -3.60. The molecule has 0 saturated carbocycles. The van der Waals surface area contributed by atoms with Gasteiger partial charge in [0, 0.05) is 63.0 Å². The van der Waals surface area contributed by atoms with Crippen LogP contribution in [0.15, 0.2) is 36.4 Å². The van der Waals surface area contributed by atoms with Crippen molar-refractivity contribution in [3.05, 3.63) is 64.2 Å². The van der Waals surface area contributed by atoms with Crippen LogP contribution in [-0.2, 0) is 27.4 Å². The van der Waals surface area contributed by atoms with Gasteiger partial charge in [-0.3, -0.25) is 39.2 Å². The lowest BCUT2D eigenvalue weighted by Crippen LogP contribution is -2.62. The zero-order valence-corrected chi connectivity index (χ0v) is 25.2. The molecule has 6 rings (SSSR count). The number of amides is 4. The second-order valence-corrected chi connectivity index (χ2v) is 12.3. The molecule has 10 nitrogen and oxygen atoms in total. The number of likely N-dealkylation sites (tertiary alicyclic amines) is 2. The average molecular weight is 588 g/mol. The fourth-order valence-electron chi connectivity index (χ4n) is 7.18. The molecule has 0 radical (unpaired) electrons. The van der Waals surface area contributed by atoms with Crippen LogP contribution in [0.1, 0.15) is 76.9 Å². The molecular weight excluding hydrogens is 546 g/mol. The quantitative estimate of drug-likeness (QED) is 0.408. The normalized spacial score (nSPS) is 24.8. The first-order valence-corrected chi connectivity index (χ1v) is 15.5. The van der Waals surface area contributed by atoms with Gasteiger partial charge in [0.1, 0.15) is 6.04 Å². The van der Waals surface area contributed by atoms with E-state index in [1.54, 1.807) is 18.2 Å². The van der Waals surface area contributed by atoms with Crippen molar-refractivity contribution < 1.29 is 23.9 Å². The molecule has 2 aromatic carbocycles. The van der Waals surface area contributed by atoms with E-state index in [0.29, 0.717) is 30.4 Å². The summed E-state index contributed by atoms with van der Waals surface area (Å²) in [4.78, 5) is 56.7. The maximum Gasteiger partial charge on any atom is 0.264 e. The molecule has 4 aliphatic rings. The molecule has 3 unspecified atom stereocenters. The fourth-order valence-corrected chi connectivity index (χ4v) is 7.18. The molecular formula is C33H41N5O5. The number of anilines is 1. The summed E-state index contributed by atoms with van der Waals surface area (Å²) in [5.41, 5.74) is 4.70. The first-order valence-electron chi connectivity index (χ1n) is 15.5. The summed E-state index contributed by atoms with van der Waals surface area (Å²) in [5.74, 6) is -2.01. The Kier molecular flexibility index (Phi) is 8.35. The number of hydrogen-bond acceptors (Lipinski definition) is 8. The lowest BCUT2D eigenvalue weighted by molar-refractivity contribution is -0.136. The smallest absolute Gasteiger partial charge is 0.264 e. The van der Waals surface area contributed by atoms with Crippen molar-refractivity contribution in [3.63, 3.8) is 0 Å². The Morgan fingerprint density at radius 3 is 2.58 bits per heavy atom. The lowest BCUT2D eigenvalue weighted by atomic mass is 10.00. The number of aryl methyl sites for hydroxylation is 1. The summed E-state index contributed by atoms with van der Waals surface area (Å²) in [6, 6.07) is 12.4. The average Bonchev–Trinajstić information content (AvgIpc) is 3.45. The standard InChI is InChI=1S/C33H41N5O5/c1-4-43-19-24-11-8-21(3)37(24)25-17-36(18-25)16-23-10-9-22(14-20(23)2)15-34-27-7-5-6-26-30(27)33(42)38(32(26)41)28-12-13-29(39)35-31(28)40/h5-7,9-10,14,21,24-25,28,34H,4,8,11-13,15-19H2,1-3H3,(H,35,39,40). The molecule has 43 heavy (non-hydrogen) atoms. The Bertz CT molecular complexity index is 1440. The highest BCUT2D eigenvalue weighted by Crippen LogP contribution is 2.33. The monoisotopic (exact) mass is 587 g/mol. The SMILES string of the molecule is CCOCC1CCC(C)N1C1CN(Cc2ccc(CNc3cccc4c3C(=O)N(C3CCC(=O)NC3=O)C4=O)cc2C)C1. The number of piperidine rings is 1. The number of nitrogens with zero attached hydrogens (tertiary/aromatic N) is 3. The second-order valence-electron chi connectivity index (χ2n) is 12.3. The number of benzene rings is 2. The summed E-state index contributed by atoms with van der Waals surface area (Å²) in [6.45, 7) is 11.7. The van der Waals surface area contributed by atoms with Crippen molar-refractivity contribution in [1.29, 1.82) is 0 Å². The molecule has 2 aromatic rings. The number of fused-ring (bicyclic) bond motifs is 1. The minimum absolute atomic E-state index is 0.0925. The molecule has 4 amide bonds. The van der Waals surface area contributed by atoms with Crippen LogP contribution >= 0.6 is 0 Å². The predicted molar refractivity (Wildman–Crippen MR) is 162 cm³/mol. The van der Waals surface area contributed by atoms with Gasteiger partial charge in [0.05, 0.1) is 17.7 Å². The summed E-state index contributed by atoms with van der Waals surface area (Å²) < 4.78 is 5.76. The van der Waals surface area contributed by atoms with Crippen LogP contribution in [-0.4, -0.2) is 88.8 Å². The third kappa shape index (κ3) is 5.71. The maximum atomic E-state index is 13.4. The van der Waals surface area contributed by atoms with Gasteiger partial charge in [0.15, 0.2) is 0 Å².